The predicted molar refractivity (Wildman–Crippen MR) is 67.2 cm³/mol. The Morgan fingerprint density at radius 2 is 1.94 bits per heavy atom. The van der Waals surface area contributed by atoms with E-state index in [-0.39, 0.29) is 10.2 Å². The molecule has 0 aliphatic heterocycles. The smallest absolute Gasteiger partial charge is 0.428 e. The molecule has 0 radical (unpaired) electrons. The van der Waals surface area contributed by atoms with Crippen molar-refractivity contribution in [2.24, 2.45) is 0 Å². The van der Waals surface area contributed by atoms with Gasteiger partial charge >= 0.3 is 6.16 Å². The van der Waals surface area contributed by atoms with E-state index in [0.29, 0.717) is 0 Å². The molecule has 0 bridgehead atoms. The van der Waals surface area contributed by atoms with Gasteiger partial charge in [0.1, 0.15) is 11.4 Å². The normalized spacial score (nSPS) is 10.9. The Morgan fingerprint density at radius 3 is 2.50 bits per heavy atom. The highest BCUT2D eigenvalue weighted by molar-refractivity contribution is 9.10. The summed E-state index contributed by atoms with van der Waals surface area (Å²) in [7, 11) is 0. The van der Waals surface area contributed by atoms with Gasteiger partial charge in [-0.05, 0) is 54.9 Å². The summed E-state index contributed by atoms with van der Waals surface area (Å²) in [6.07, 6.45) is -1.02. The molecule has 1 aromatic rings. The van der Waals surface area contributed by atoms with E-state index in [4.69, 9.17) is 9.47 Å². The van der Waals surface area contributed by atoms with Gasteiger partial charge in [0.15, 0.2) is 5.75 Å². The highest BCUT2D eigenvalue weighted by Crippen LogP contribution is 2.14. The van der Waals surface area contributed by atoms with Crippen LogP contribution in [0.2, 0.25) is 0 Å². The van der Waals surface area contributed by atoms with Crippen molar-refractivity contribution in [3.8, 4) is 5.75 Å². The summed E-state index contributed by atoms with van der Waals surface area (Å²) in [5.74, 6) is -0.932. The van der Waals surface area contributed by atoms with Crippen LogP contribution in [-0.4, -0.2) is 11.8 Å². The fraction of sp³-hybridized carbons (Fsp3) is 0.333. The highest BCUT2D eigenvalue weighted by atomic mass is 79.9. The van der Waals surface area contributed by atoms with Crippen molar-refractivity contribution in [1.29, 1.82) is 0 Å². The van der Waals surface area contributed by atoms with Gasteiger partial charge < -0.3 is 9.47 Å². The van der Waals surface area contributed by atoms with Crippen LogP contribution in [0.4, 0.5) is 9.18 Å². The Bertz CT molecular complexity index is 522. The monoisotopic (exact) mass is 318 g/mol. The number of rotatable bonds is 1. The van der Waals surface area contributed by atoms with Crippen molar-refractivity contribution in [3.05, 3.63) is 38.7 Å². The third kappa shape index (κ3) is 4.44. The molecule has 0 unspecified atom stereocenters. The topological polar surface area (TPSA) is 52.6 Å². The maximum absolute atomic E-state index is 13.0. The lowest BCUT2D eigenvalue weighted by Crippen LogP contribution is -2.27. The maximum atomic E-state index is 13.0. The van der Waals surface area contributed by atoms with Crippen LogP contribution in [0.25, 0.3) is 0 Å². The van der Waals surface area contributed by atoms with Crippen molar-refractivity contribution in [1.82, 2.24) is 0 Å². The van der Waals surface area contributed by atoms with Gasteiger partial charge in [-0.1, -0.05) is 0 Å². The van der Waals surface area contributed by atoms with Crippen molar-refractivity contribution in [2.75, 3.05) is 0 Å². The summed E-state index contributed by atoms with van der Waals surface area (Å²) >= 11 is 2.89. The molecule has 0 N–H and O–H groups in total. The van der Waals surface area contributed by atoms with E-state index in [9.17, 15) is 14.0 Å². The number of hydrogen-bond donors (Lipinski definition) is 0. The van der Waals surface area contributed by atoms with Crippen LogP contribution in [0.1, 0.15) is 20.8 Å². The van der Waals surface area contributed by atoms with E-state index in [1.165, 1.54) is 0 Å². The molecule has 0 amide bonds. The van der Waals surface area contributed by atoms with E-state index in [1.807, 2.05) is 0 Å². The molecule has 0 aliphatic carbocycles. The predicted octanol–water partition coefficient (Wildman–Crippen LogP) is 3.26. The van der Waals surface area contributed by atoms with Gasteiger partial charge in [-0.2, -0.15) is 0 Å². The summed E-state index contributed by atoms with van der Waals surface area (Å²) < 4.78 is 22.6. The fourth-order valence-electron chi connectivity index (χ4n) is 1.02. The minimum absolute atomic E-state index is 0.0384. The zero-order chi connectivity index (χ0) is 13.9. The second kappa shape index (κ2) is 5.48. The SMILES string of the molecule is CC(C)(C)OC(=O)Oc1ccc(F)cc(Br)c1=O. The van der Waals surface area contributed by atoms with Crippen molar-refractivity contribution < 1.29 is 18.7 Å². The molecule has 4 nitrogen and oxygen atoms in total. The zero-order valence-corrected chi connectivity index (χ0v) is 11.7. The molecule has 6 heteroatoms. The summed E-state index contributed by atoms with van der Waals surface area (Å²) in [5, 5.41) is 0. The number of ether oxygens (including phenoxy) is 2. The Morgan fingerprint density at radius 1 is 1.33 bits per heavy atom. The van der Waals surface area contributed by atoms with Crippen LogP contribution in [0.3, 0.4) is 0 Å². The quantitative estimate of drug-likeness (QED) is 0.746. The van der Waals surface area contributed by atoms with E-state index in [0.717, 1.165) is 18.2 Å². The van der Waals surface area contributed by atoms with Crippen molar-refractivity contribution in [2.45, 2.75) is 26.4 Å². The van der Waals surface area contributed by atoms with Gasteiger partial charge in [0.25, 0.3) is 0 Å². The number of carbonyl (C=O) groups excluding carboxylic acids is 1. The molecule has 0 heterocycles. The van der Waals surface area contributed by atoms with Gasteiger partial charge in [0.2, 0.25) is 5.43 Å². The number of halogens is 2. The summed E-state index contributed by atoms with van der Waals surface area (Å²) in [6, 6.07) is 3.09. The Balaban J connectivity index is 3.00. The summed E-state index contributed by atoms with van der Waals surface area (Å²) in [5.41, 5.74) is -1.37. The lowest BCUT2D eigenvalue weighted by Gasteiger charge is -2.18. The number of carbonyl (C=O) groups is 1. The van der Waals surface area contributed by atoms with Crippen LogP contribution in [-0.2, 0) is 4.74 Å². The van der Waals surface area contributed by atoms with Gasteiger partial charge in [-0.15, -0.1) is 0 Å². The molecule has 1 aromatic carbocycles. The van der Waals surface area contributed by atoms with Crippen LogP contribution < -0.4 is 10.2 Å². The summed E-state index contributed by atoms with van der Waals surface area (Å²) in [4.78, 5) is 23.1. The standard InChI is InChI=1S/C12H12BrFO4/c1-12(2,3)18-11(16)17-9-5-4-7(14)6-8(13)10(9)15/h4-6H,1-3H3. The maximum Gasteiger partial charge on any atom is 0.514 e. The fourth-order valence-corrected chi connectivity index (χ4v) is 1.44. The van der Waals surface area contributed by atoms with Gasteiger partial charge in [-0.25, -0.2) is 9.18 Å². The molecule has 1 rings (SSSR count). The molecular formula is C12H12BrFO4. The van der Waals surface area contributed by atoms with Crippen LogP contribution >= 0.6 is 15.9 Å². The average Bonchev–Trinajstić information content (AvgIpc) is 2.29. The first kappa shape index (κ1) is 14.6. The second-order valence-corrected chi connectivity index (χ2v) is 5.32. The van der Waals surface area contributed by atoms with Gasteiger partial charge in [0, 0.05) is 0 Å². The molecule has 0 saturated carbocycles. The number of hydrogen-bond acceptors (Lipinski definition) is 4. The first-order valence-electron chi connectivity index (χ1n) is 5.09. The van der Waals surface area contributed by atoms with E-state index in [2.05, 4.69) is 15.9 Å². The van der Waals surface area contributed by atoms with E-state index >= 15 is 0 Å². The molecule has 0 saturated heterocycles. The van der Waals surface area contributed by atoms with Gasteiger partial charge in [0.05, 0.1) is 4.47 Å². The Hall–Kier alpha value is -1.43. The lowest BCUT2D eigenvalue weighted by atomic mass is 10.2. The molecule has 0 fully saturated rings. The Labute approximate surface area is 112 Å². The van der Waals surface area contributed by atoms with Crippen molar-refractivity contribution in [3.63, 3.8) is 0 Å². The van der Waals surface area contributed by atoms with Gasteiger partial charge in [-0.3, -0.25) is 4.79 Å². The van der Waals surface area contributed by atoms with Crippen LogP contribution in [0, 0.1) is 5.82 Å². The molecule has 98 valence electrons. The van der Waals surface area contributed by atoms with Crippen molar-refractivity contribution >= 4 is 22.1 Å². The minimum atomic E-state index is -1.02. The van der Waals surface area contributed by atoms with Crippen LogP contribution in [0.15, 0.2) is 27.5 Å². The first-order valence-corrected chi connectivity index (χ1v) is 5.88. The first-order chi connectivity index (χ1) is 8.19. The molecule has 18 heavy (non-hydrogen) atoms. The molecule has 0 aromatic heterocycles. The van der Waals surface area contributed by atoms with Crippen LogP contribution in [0.5, 0.6) is 5.75 Å². The average molecular weight is 319 g/mol. The summed E-state index contributed by atoms with van der Waals surface area (Å²) in [6.45, 7) is 4.98. The second-order valence-electron chi connectivity index (χ2n) is 4.47. The zero-order valence-electron chi connectivity index (χ0n) is 10.1. The lowest BCUT2D eigenvalue weighted by molar-refractivity contribution is 0.0204. The molecule has 0 atom stereocenters. The third-order valence-electron chi connectivity index (χ3n) is 1.68. The highest BCUT2D eigenvalue weighted by Gasteiger charge is 2.19. The molecule has 0 spiro atoms. The van der Waals surface area contributed by atoms with E-state index in [1.54, 1.807) is 20.8 Å². The molecular weight excluding hydrogens is 307 g/mol. The van der Waals surface area contributed by atoms with E-state index < -0.39 is 23.0 Å². The minimum Gasteiger partial charge on any atom is -0.428 e. The molecule has 0 aliphatic rings. The largest absolute Gasteiger partial charge is 0.514 e. The third-order valence-corrected chi connectivity index (χ3v) is 2.27. The Kier molecular flexibility index (Phi) is 4.45.